The Morgan fingerprint density at radius 3 is 1.98 bits per heavy atom. The Balaban J connectivity index is 0.000000347. The number of fused-ring (bicyclic) bond motifs is 1. The van der Waals surface area contributed by atoms with E-state index in [2.05, 4.69) is 56.3 Å². The molecule has 0 bridgehead atoms. The Hall–Kier alpha value is -5.14. The third-order valence-corrected chi connectivity index (χ3v) is 10.8. The van der Waals surface area contributed by atoms with Gasteiger partial charge in [-0.1, -0.05) is 60.1 Å². The molecular formula is C44H66N8O6. The van der Waals surface area contributed by atoms with Crippen molar-refractivity contribution in [2.24, 2.45) is 5.92 Å². The number of methoxy groups -OCH3 is 2. The number of H-pyrrole nitrogens is 2. The van der Waals surface area contributed by atoms with Crippen LogP contribution in [0.3, 0.4) is 0 Å². The minimum Gasteiger partial charge on any atom is -0.453 e. The molecule has 4 amide bonds. The van der Waals surface area contributed by atoms with Gasteiger partial charge < -0.3 is 39.9 Å². The van der Waals surface area contributed by atoms with Crippen LogP contribution in [-0.4, -0.2) is 100 Å². The maximum atomic E-state index is 13.5. The first-order chi connectivity index (χ1) is 28.1. The van der Waals surface area contributed by atoms with Crippen molar-refractivity contribution in [1.29, 1.82) is 0 Å². The van der Waals surface area contributed by atoms with Gasteiger partial charge in [0.05, 0.1) is 50.4 Å². The van der Waals surface area contributed by atoms with Gasteiger partial charge >= 0.3 is 12.2 Å². The number of imidazole rings is 2. The standard InChI is InChI=1S/C31H38N6O3.C8H14N2O3.C3H8.C2H6/c1-18(2)28(36-31(39)40-3)30(38)37-12-4-5-27(37)29-33-16-26(35-29)22-9-11-24-20(14-22)7-6-19-13-21(8-10-23(19)24)25-15-32-17-34-25;1-13-8(12)9-6-7(11)10-4-2-3-5-10;1-3-2;1-2/h13-18,27-28H,4-12H2,1-3H3,(H,32,34)(H,33,35)(H,36,39);2-6H2,1H3,(H,9,12);3H2,1-2H3;1-2H3. The van der Waals surface area contributed by atoms with Gasteiger partial charge in [-0.25, -0.2) is 19.6 Å². The predicted octanol–water partition coefficient (Wildman–Crippen LogP) is 8.03. The first-order valence-electron chi connectivity index (χ1n) is 21.2. The normalized spacial score (nSPS) is 18.8. The Kier molecular flexibility index (Phi) is 17.8. The summed E-state index contributed by atoms with van der Waals surface area (Å²) in [7, 11) is 2.59. The predicted molar refractivity (Wildman–Crippen MR) is 226 cm³/mol. The van der Waals surface area contributed by atoms with E-state index in [0.717, 1.165) is 94.5 Å². The third-order valence-electron chi connectivity index (χ3n) is 10.8. The molecule has 0 radical (unpaired) electrons. The van der Waals surface area contributed by atoms with E-state index < -0.39 is 18.2 Å². The van der Waals surface area contributed by atoms with Crippen molar-refractivity contribution in [1.82, 2.24) is 40.4 Å². The lowest BCUT2D eigenvalue weighted by Crippen LogP contribution is -2.51. The van der Waals surface area contributed by atoms with E-state index in [1.54, 1.807) is 16.8 Å². The van der Waals surface area contributed by atoms with E-state index in [0.29, 0.717) is 6.54 Å². The zero-order chi connectivity index (χ0) is 42.2. The van der Waals surface area contributed by atoms with Crippen LogP contribution in [0, 0.1) is 5.92 Å². The number of amides is 4. The first-order valence-corrected chi connectivity index (χ1v) is 21.2. The van der Waals surface area contributed by atoms with Crippen LogP contribution in [-0.2, 0) is 19.1 Å². The van der Waals surface area contributed by atoms with Gasteiger partial charge in [0.15, 0.2) is 0 Å². The van der Waals surface area contributed by atoms with E-state index in [-0.39, 0.29) is 30.3 Å². The van der Waals surface area contributed by atoms with Crippen LogP contribution in [0.2, 0.25) is 0 Å². The average Bonchev–Trinajstić information content (AvgIpc) is 4.10. The molecule has 0 spiro atoms. The van der Waals surface area contributed by atoms with Gasteiger partial charge in [-0.2, -0.15) is 0 Å². The Labute approximate surface area is 344 Å². The number of carbonyl (C=O) groups excluding carboxylic acids is 4. The van der Waals surface area contributed by atoms with Gasteiger partial charge in [0.25, 0.3) is 0 Å². The molecule has 14 heteroatoms. The van der Waals surface area contributed by atoms with Crippen molar-refractivity contribution in [2.45, 2.75) is 124 Å². The molecule has 2 atom stereocenters. The van der Waals surface area contributed by atoms with Gasteiger partial charge in [-0.05, 0) is 104 Å². The molecule has 4 heterocycles. The number of rotatable bonds is 8. The number of ether oxygens (including phenoxy) is 2. The van der Waals surface area contributed by atoms with E-state index >= 15 is 0 Å². The van der Waals surface area contributed by atoms with Crippen molar-refractivity contribution in [2.75, 3.05) is 40.4 Å². The van der Waals surface area contributed by atoms with E-state index in [4.69, 9.17) is 9.72 Å². The first kappa shape index (κ1) is 45.6. The Morgan fingerprint density at radius 1 is 0.828 bits per heavy atom. The summed E-state index contributed by atoms with van der Waals surface area (Å²) in [4.78, 5) is 66.7. The minimum atomic E-state index is -0.635. The molecular weight excluding hydrogens is 737 g/mol. The minimum absolute atomic E-state index is 0.0344. The molecule has 2 aromatic rings. The molecule has 7 rings (SSSR count). The van der Waals surface area contributed by atoms with Crippen molar-refractivity contribution in [3.63, 3.8) is 0 Å². The molecule has 318 valence electrons. The fourth-order valence-corrected chi connectivity index (χ4v) is 8.00. The number of allylic oxidation sites excluding steroid dienone is 8. The van der Waals surface area contributed by atoms with Crippen molar-refractivity contribution >= 4 is 35.1 Å². The number of nitrogens with one attached hydrogen (secondary N) is 4. The smallest absolute Gasteiger partial charge is 0.407 e. The zero-order valence-corrected chi connectivity index (χ0v) is 36.0. The third kappa shape index (κ3) is 11.7. The van der Waals surface area contributed by atoms with Crippen LogP contribution >= 0.6 is 0 Å². The van der Waals surface area contributed by atoms with Gasteiger partial charge in [-0.3, -0.25) is 9.59 Å². The topological polar surface area (TPSA) is 175 Å². The maximum Gasteiger partial charge on any atom is 0.407 e. The Bertz CT molecular complexity index is 1820. The fraction of sp³-hybridized carbons (Fsp3) is 0.591. The van der Waals surface area contributed by atoms with Crippen molar-refractivity contribution in [3.05, 3.63) is 70.4 Å². The zero-order valence-electron chi connectivity index (χ0n) is 36.0. The number of likely N-dealkylation sites (tertiary alicyclic amines) is 2. The van der Waals surface area contributed by atoms with Crippen molar-refractivity contribution in [3.8, 4) is 0 Å². The summed E-state index contributed by atoms with van der Waals surface area (Å²) < 4.78 is 9.10. The highest BCUT2D eigenvalue weighted by atomic mass is 16.5. The molecule has 2 saturated heterocycles. The largest absolute Gasteiger partial charge is 0.453 e. The molecule has 5 aliphatic rings. The fourth-order valence-electron chi connectivity index (χ4n) is 8.00. The summed E-state index contributed by atoms with van der Waals surface area (Å²) >= 11 is 0. The van der Waals surface area contributed by atoms with E-state index in [1.165, 1.54) is 48.5 Å². The molecule has 0 aromatic carbocycles. The molecule has 2 unspecified atom stereocenters. The van der Waals surface area contributed by atoms with Gasteiger partial charge in [0, 0.05) is 19.6 Å². The molecule has 3 aliphatic carbocycles. The molecule has 0 saturated carbocycles. The number of hydrogen-bond donors (Lipinski definition) is 4. The molecule has 2 aliphatic heterocycles. The second-order valence-corrected chi connectivity index (χ2v) is 15.2. The molecule has 2 aromatic heterocycles. The maximum absolute atomic E-state index is 13.5. The number of alkyl carbamates (subject to hydrolysis) is 2. The molecule has 58 heavy (non-hydrogen) atoms. The summed E-state index contributed by atoms with van der Waals surface area (Å²) in [6.45, 7) is 14.4. The quantitative estimate of drug-likeness (QED) is 0.208. The highest BCUT2D eigenvalue weighted by Crippen LogP contribution is 2.45. The average molecular weight is 803 g/mol. The van der Waals surface area contributed by atoms with Gasteiger partial charge in [-0.15, -0.1) is 0 Å². The van der Waals surface area contributed by atoms with Crippen LogP contribution in [0.15, 0.2) is 53.2 Å². The highest BCUT2D eigenvalue weighted by molar-refractivity contribution is 5.86. The number of nitrogens with zero attached hydrogens (tertiary/aromatic N) is 4. The SMILES string of the molecule is CC.CCC.COC(=O)NC(C(=O)N1CCCC1c1ncc(C2=CC3=C(CC2)C2=C(C=C(c4cnc[nH]4)CC2)CC3)[nH]1)C(C)C.COC(=O)NCC(=O)N1CCCC1. The lowest BCUT2D eigenvalue weighted by molar-refractivity contribution is -0.135. The summed E-state index contributed by atoms with van der Waals surface area (Å²) in [5.41, 5.74) is 10.9. The van der Waals surface area contributed by atoms with Crippen LogP contribution in [0.5, 0.6) is 0 Å². The van der Waals surface area contributed by atoms with Gasteiger partial charge in [0.2, 0.25) is 11.8 Å². The lowest BCUT2D eigenvalue weighted by atomic mass is 9.74. The van der Waals surface area contributed by atoms with Gasteiger partial charge in [0.1, 0.15) is 18.4 Å². The number of hydrogen-bond acceptors (Lipinski definition) is 8. The van der Waals surface area contributed by atoms with E-state index in [1.807, 2.05) is 45.0 Å². The monoisotopic (exact) mass is 803 g/mol. The number of carbonyl (C=O) groups is 4. The summed E-state index contributed by atoms with van der Waals surface area (Å²) in [5.74, 6) is 0.635. The lowest BCUT2D eigenvalue weighted by Gasteiger charge is -2.31. The number of aromatic nitrogens is 4. The van der Waals surface area contributed by atoms with E-state index in [9.17, 15) is 19.2 Å². The second-order valence-electron chi connectivity index (χ2n) is 15.2. The van der Waals surface area contributed by atoms with Crippen LogP contribution in [0.25, 0.3) is 11.1 Å². The Morgan fingerprint density at radius 2 is 1.43 bits per heavy atom. The van der Waals surface area contributed by atoms with Crippen LogP contribution in [0.4, 0.5) is 9.59 Å². The van der Waals surface area contributed by atoms with Crippen molar-refractivity contribution < 1.29 is 28.7 Å². The molecule has 2 fully saturated rings. The molecule has 14 nitrogen and oxygen atoms in total. The molecule has 4 N–H and O–H groups in total. The summed E-state index contributed by atoms with van der Waals surface area (Å²) in [5, 5.41) is 5.08. The second kappa shape index (κ2) is 22.7. The van der Waals surface area contributed by atoms with Crippen LogP contribution < -0.4 is 10.6 Å². The van der Waals surface area contributed by atoms with Crippen LogP contribution in [0.1, 0.15) is 135 Å². The number of aromatic amines is 2. The summed E-state index contributed by atoms with van der Waals surface area (Å²) in [6, 6.07) is -0.758. The summed E-state index contributed by atoms with van der Waals surface area (Å²) in [6.07, 6.45) is 20.6. The highest BCUT2D eigenvalue weighted by Gasteiger charge is 2.38.